The van der Waals surface area contributed by atoms with Crippen molar-refractivity contribution in [1.82, 2.24) is 9.88 Å². The molecule has 1 aromatic heterocycles. The van der Waals surface area contributed by atoms with Crippen molar-refractivity contribution in [3.63, 3.8) is 0 Å². The minimum absolute atomic E-state index is 0.0568. The van der Waals surface area contributed by atoms with E-state index in [0.29, 0.717) is 23.7 Å². The zero-order valence-corrected chi connectivity index (χ0v) is 24.3. The summed E-state index contributed by atoms with van der Waals surface area (Å²) in [6, 6.07) is 11.4. The number of hydrogen-bond acceptors (Lipinski definition) is 11. The van der Waals surface area contributed by atoms with Crippen molar-refractivity contribution in [2.24, 2.45) is 0 Å². The highest BCUT2D eigenvalue weighted by atomic mass is 35.5. The number of methoxy groups -OCH3 is 1. The molecule has 2 aromatic carbocycles. The van der Waals surface area contributed by atoms with E-state index in [1.54, 1.807) is 6.07 Å². The van der Waals surface area contributed by atoms with E-state index in [1.807, 2.05) is 6.92 Å². The van der Waals surface area contributed by atoms with Crippen LogP contribution in [0.3, 0.4) is 0 Å². The number of nitro groups is 1. The van der Waals surface area contributed by atoms with Crippen LogP contribution >= 0.6 is 23.4 Å². The molecule has 0 unspecified atom stereocenters. The summed E-state index contributed by atoms with van der Waals surface area (Å²) in [6.07, 6.45) is 3.40. The topological polar surface area (TPSA) is 167 Å². The Hall–Kier alpha value is -4.95. The third-order valence-corrected chi connectivity index (χ3v) is 6.96. The number of esters is 1. The predicted molar refractivity (Wildman–Crippen MR) is 157 cm³/mol. The summed E-state index contributed by atoms with van der Waals surface area (Å²) in [5.41, 5.74) is 0.411. The Labute approximate surface area is 253 Å². The van der Waals surface area contributed by atoms with Crippen molar-refractivity contribution in [3.05, 3.63) is 85.9 Å². The molecule has 15 heteroatoms. The molecule has 0 atom stereocenters. The maximum absolute atomic E-state index is 13.0. The Kier molecular flexibility index (Phi) is 9.95. The molecule has 3 aromatic rings. The number of halogens is 1. The molecule has 0 saturated carbocycles. The summed E-state index contributed by atoms with van der Waals surface area (Å²) in [6.45, 7) is 1.48. The number of ether oxygens (including phenoxy) is 3. The number of anilines is 1. The molecular formula is C28H23ClN4O9S. The Bertz CT molecular complexity index is 1650. The number of pyridine rings is 1. The lowest BCUT2D eigenvalue weighted by Gasteiger charge is -2.13. The van der Waals surface area contributed by atoms with E-state index in [4.69, 9.17) is 25.8 Å². The fraction of sp³-hybridized carbons (Fsp3) is 0.179. The maximum atomic E-state index is 13.0. The summed E-state index contributed by atoms with van der Waals surface area (Å²) >= 11 is 6.73. The van der Waals surface area contributed by atoms with Crippen molar-refractivity contribution in [2.75, 3.05) is 25.6 Å². The molecule has 1 N–H and O–H groups in total. The number of carbonyl (C=O) groups is 4. The van der Waals surface area contributed by atoms with Crippen molar-refractivity contribution >= 4 is 63.8 Å². The number of carbonyl (C=O) groups excluding carboxylic acids is 4. The van der Waals surface area contributed by atoms with Gasteiger partial charge in [0.2, 0.25) is 5.91 Å². The number of rotatable bonds is 11. The number of thioether (sulfide) groups is 1. The van der Waals surface area contributed by atoms with Crippen LogP contribution in [0.2, 0.25) is 5.02 Å². The molecule has 0 aliphatic carbocycles. The smallest absolute Gasteiger partial charge is 0.339 e. The molecule has 0 spiro atoms. The lowest BCUT2D eigenvalue weighted by atomic mass is 10.2. The Balaban J connectivity index is 1.45. The monoisotopic (exact) mass is 626 g/mol. The third-order valence-electron chi connectivity index (χ3n) is 5.72. The molecule has 2 heterocycles. The first-order valence-electron chi connectivity index (χ1n) is 12.6. The predicted octanol–water partition coefficient (Wildman–Crippen LogP) is 5.69. The highest BCUT2D eigenvalue weighted by Gasteiger charge is 2.36. The van der Waals surface area contributed by atoms with Gasteiger partial charge < -0.3 is 19.5 Å². The van der Waals surface area contributed by atoms with Gasteiger partial charge in [0.05, 0.1) is 34.1 Å². The number of amides is 3. The number of imide groups is 1. The van der Waals surface area contributed by atoms with Gasteiger partial charge in [-0.3, -0.25) is 29.4 Å². The van der Waals surface area contributed by atoms with Crippen LogP contribution in [0.15, 0.2) is 59.6 Å². The number of nitrogens with zero attached hydrogens (tertiary/aromatic N) is 3. The van der Waals surface area contributed by atoms with Crippen LogP contribution < -0.4 is 14.8 Å². The molecule has 0 bridgehead atoms. The third kappa shape index (κ3) is 7.47. The molecule has 1 fully saturated rings. The van der Waals surface area contributed by atoms with Crippen LogP contribution in [-0.4, -0.2) is 58.1 Å². The molecule has 43 heavy (non-hydrogen) atoms. The number of benzene rings is 2. The van der Waals surface area contributed by atoms with Crippen LogP contribution in [0.1, 0.15) is 29.3 Å². The van der Waals surface area contributed by atoms with Gasteiger partial charge in [0, 0.05) is 18.0 Å². The van der Waals surface area contributed by atoms with Gasteiger partial charge in [-0.1, -0.05) is 24.6 Å². The normalized spacial score (nSPS) is 13.7. The van der Waals surface area contributed by atoms with Gasteiger partial charge in [-0.15, -0.1) is 0 Å². The number of hydrogen-bond donors (Lipinski definition) is 1. The highest BCUT2D eigenvalue weighted by Crippen LogP contribution is 2.37. The molecule has 1 saturated heterocycles. The lowest BCUT2D eigenvalue weighted by Crippen LogP contribution is -2.36. The fourth-order valence-corrected chi connectivity index (χ4v) is 4.76. The van der Waals surface area contributed by atoms with Gasteiger partial charge in [0.25, 0.3) is 17.0 Å². The summed E-state index contributed by atoms with van der Waals surface area (Å²) in [4.78, 5) is 65.9. The fourth-order valence-electron chi connectivity index (χ4n) is 3.73. The van der Waals surface area contributed by atoms with Crippen molar-refractivity contribution in [2.45, 2.75) is 13.3 Å². The molecule has 222 valence electrons. The Morgan fingerprint density at radius 2 is 1.95 bits per heavy atom. The highest BCUT2D eigenvalue weighted by molar-refractivity contribution is 8.18. The van der Waals surface area contributed by atoms with E-state index >= 15 is 0 Å². The summed E-state index contributed by atoms with van der Waals surface area (Å²) in [5, 5.41) is 13.3. The minimum atomic E-state index is -0.687. The molecule has 1 aliphatic heterocycles. The Morgan fingerprint density at radius 1 is 1.16 bits per heavy atom. The van der Waals surface area contributed by atoms with Gasteiger partial charge in [-0.2, -0.15) is 0 Å². The second-order valence-electron chi connectivity index (χ2n) is 8.74. The molecule has 3 amide bonds. The van der Waals surface area contributed by atoms with Gasteiger partial charge in [-0.05, 0) is 66.2 Å². The summed E-state index contributed by atoms with van der Waals surface area (Å²) in [5.74, 6) is -1.92. The van der Waals surface area contributed by atoms with Crippen LogP contribution in [0.5, 0.6) is 17.4 Å². The zero-order valence-electron chi connectivity index (χ0n) is 22.7. The van der Waals surface area contributed by atoms with Gasteiger partial charge in [0.1, 0.15) is 6.54 Å². The van der Waals surface area contributed by atoms with E-state index in [2.05, 4.69) is 10.3 Å². The van der Waals surface area contributed by atoms with E-state index in [1.165, 1.54) is 61.8 Å². The standard InChI is InChI=1S/C28H23ClN4O9S/c1-3-11-41-27(36)18-14-17(7-8-19(18)29)31-24(34)15-32-26(35)23(43-28(32)37)13-16-6-9-21(22(12-16)40-2)42-25-20(33(38)39)5-4-10-30-25/h4-10,12-14H,3,11,15H2,1-2H3,(H,31,34)/b23-13-. The van der Waals surface area contributed by atoms with Crippen LogP contribution in [0.4, 0.5) is 16.2 Å². The largest absolute Gasteiger partial charge is 0.493 e. The van der Waals surface area contributed by atoms with Crippen LogP contribution in [-0.2, 0) is 14.3 Å². The lowest BCUT2D eigenvalue weighted by molar-refractivity contribution is -0.386. The number of nitrogens with one attached hydrogen (secondary N) is 1. The number of aromatic nitrogens is 1. The van der Waals surface area contributed by atoms with Crippen molar-refractivity contribution < 1.29 is 38.3 Å². The average molecular weight is 627 g/mol. The first-order valence-corrected chi connectivity index (χ1v) is 13.8. The summed E-state index contributed by atoms with van der Waals surface area (Å²) in [7, 11) is 1.36. The van der Waals surface area contributed by atoms with Gasteiger partial charge >= 0.3 is 11.7 Å². The summed E-state index contributed by atoms with van der Waals surface area (Å²) < 4.78 is 16.0. The first kappa shape index (κ1) is 31.0. The average Bonchev–Trinajstić information content (AvgIpc) is 3.24. The molecule has 4 rings (SSSR count). The van der Waals surface area contributed by atoms with Crippen molar-refractivity contribution in [1.29, 1.82) is 0 Å². The van der Waals surface area contributed by atoms with Crippen LogP contribution in [0.25, 0.3) is 6.08 Å². The molecule has 1 aliphatic rings. The van der Waals surface area contributed by atoms with E-state index in [9.17, 15) is 29.3 Å². The second-order valence-corrected chi connectivity index (χ2v) is 10.1. The van der Waals surface area contributed by atoms with Gasteiger partial charge in [-0.25, -0.2) is 9.78 Å². The van der Waals surface area contributed by atoms with E-state index in [0.717, 1.165) is 4.90 Å². The minimum Gasteiger partial charge on any atom is -0.493 e. The molecular weight excluding hydrogens is 604 g/mol. The SMILES string of the molecule is CCCOC(=O)c1cc(NC(=O)CN2C(=O)S/C(=C\c3ccc(Oc4ncccc4[N+](=O)[O-])c(OC)c3)C2=O)ccc1Cl. The van der Waals surface area contributed by atoms with E-state index < -0.39 is 34.5 Å². The molecule has 13 nitrogen and oxygen atoms in total. The van der Waals surface area contributed by atoms with Crippen LogP contribution in [0, 0.1) is 10.1 Å². The first-order chi connectivity index (χ1) is 20.6. The second kappa shape index (κ2) is 13.8. The molecule has 0 radical (unpaired) electrons. The maximum Gasteiger partial charge on any atom is 0.339 e. The van der Waals surface area contributed by atoms with Gasteiger partial charge in [0.15, 0.2) is 11.5 Å². The zero-order chi connectivity index (χ0) is 31.1. The van der Waals surface area contributed by atoms with Crippen molar-refractivity contribution in [3.8, 4) is 17.4 Å². The quantitative estimate of drug-likeness (QED) is 0.120. The van der Waals surface area contributed by atoms with E-state index in [-0.39, 0.29) is 50.9 Å². The Morgan fingerprint density at radius 3 is 2.67 bits per heavy atom.